The standard InChI is InChI=1S/C19H20F2O3/c1-2-10-3-4-12-11(10)5-6-13(12)19(22)24-15-8-7-14(16-9-23-16)17(20)18(15)21/h2,7-8,10-13,16H,1,3-6,9H2. The first-order valence-electron chi connectivity index (χ1n) is 8.54. The molecule has 5 atom stereocenters. The molecule has 5 unspecified atom stereocenters. The van der Waals surface area contributed by atoms with Crippen LogP contribution in [0.4, 0.5) is 8.78 Å². The van der Waals surface area contributed by atoms with Gasteiger partial charge in [0, 0.05) is 5.56 Å². The molecule has 0 aromatic heterocycles. The van der Waals surface area contributed by atoms with E-state index in [2.05, 4.69) is 6.58 Å². The van der Waals surface area contributed by atoms with E-state index in [0.29, 0.717) is 18.4 Å². The second-order valence-electron chi connectivity index (χ2n) is 7.01. The zero-order valence-corrected chi connectivity index (χ0v) is 13.3. The molecule has 0 radical (unpaired) electrons. The van der Waals surface area contributed by atoms with Gasteiger partial charge < -0.3 is 9.47 Å². The van der Waals surface area contributed by atoms with Gasteiger partial charge in [-0.1, -0.05) is 6.08 Å². The van der Waals surface area contributed by atoms with Crippen LogP contribution in [-0.4, -0.2) is 12.6 Å². The fourth-order valence-corrected chi connectivity index (χ4v) is 4.52. The Balaban J connectivity index is 1.49. The predicted octanol–water partition coefficient (Wildman–Crippen LogP) is 4.18. The molecule has 0 bridgehead atoms. The number of hydrogen-bond donors (Lipinski definition) is 0. The number of fused-ring (bicyclic) bond motifs is 1. The van der Waals surface area contributed by atoms with E-state index in [0.717, 1.165) is 25.7 Å². The van der Waals surface area contributed by atoms with Crippen LogP contribution in [0.1, 0.15) is 37.4 Å². The highest BCUT2D eigenvalue weighted by molar-refractivity contribution is 5.76. The lowest BCUT2D eigenvalue weighted by Crippen LogP contribution is -2.25. The van der Waals surface area contributed by atoms with Crippen molar-refractivity contribution in [1.29, 1.82) is 0 Å². The van der Waals surface area contributed by atoms with Gasteiger partial charge in [0.05, 0.1) is 12.5 Å². The van der Waals surface area contributed by atoms with E-state index in [1.165, 1.54) is 12.1 Å². The summed E-state index contributed by atoms with van der Waals surface area (Å²) in [6, 6.07) is 2.75. The van der Waals surface area contributed by atoms with Crippen LogP contribution in [0, 0.1) is 35.3 Å². The molecule has 1 aliphatic heterocycles. The molecule has 24 heavy (non-hydrogen) atoms. The fraction of sp³-hybridized carbons (Fsp3) is 0.526. The van der Waals surface area contributed by atoms with E-state index in [-0.39, 0.29) is 29.3 Å². The normalized spacial score (nSPS) is 34.0. The second-order valence-corrected chi connectivity index (χ2v) is 7.01. The zero-order chi connectivity index (χ0) is 16.8. The minimum Gasteiger partial charge on any atom is -0.423 e. The minimum absolute atomic E-state index is 0.179. The maximum atomic E-state index is 14.2. The highest BCUT2D eigenvalue weighted by atomic mass is 19.2. The molecule has 5 heteroatoms. The number of hydrogen-bond acceptors (Lipinski definition) is 3. The largest absolute Gasteiger partial charge is 0.423 e. The van der Waals surface area contributed by atoms with E-state index in [1.807, 2.05) is 6.08 Å². The summed E-state index contributed by atoms with van der Waals surface area (Å²) in [5, 5.41) is 0. The molecule has 0 amide bonds. The molecule has 4 rings (SSSR count). The SMILES string of the molecule is C=CC1CCC2C(C(=O)Oc3ccc(C4CO4)c(F)c3F)CCC12. The second kappa shape index (κ2) is 5.96. The smallest absolute Gasteiger partial charge is 0.314 e. The van der Waals surface area contributed by atoms with E-state index in [9.17, 15) is 13.6 Å². The number of carbonyl (C=O) groups is 1. The van der Waals surface area contributed by atoms with E-state index < -0.39 is 17.6 Å². The lowest BCUT2D eigenvalue weighted by atomic mass is 9.89. The molecule has 1 saturated heterocycles. The Kier molecular flexibility index (Phi) is 3.91. The van der Waals surface area contributed by atoms with Gasteiger partial charge >= 0.3 is 5.97 Å². The van der Waals surface area contributed by atoms with Crippen LogP contribution >= 0.6 is 0 Å². The summed E-state index contributed by atoms with van der Waals surface area (Å²) in [5.41, 5.74) is 0.179. The first kappa shape index (κ1) is 15.8. The van der Waals surface area contributed by atoms with Gasteiger partial charge in [0.1, 0.15) is 6.10 Å². The molecule has 1 heterocycles. The maximum absolute atomic E-state index is 14.2. The number of allylic oxidation sites excluding steroid dienone is 1. The number of ether oxygens (including phenoxy) is 2. The van der Waals surface area contributed by atoms with Crippen molar-refractivity contribution in [3.05, 3.63) is 42.0 Å². The predicted molar refractivity (Wildman–Crippen MR) is 83.3 cm³/mol. The number of esters is 1. The highest BCUT2D eigenvalue weighted by Gasteiger charge is 2.47. The molecular weight excluding hydrogens is 314 g/mol. The molecule has 0 N–H and O–H groups in total. The molecule has 1 aromatic rings. The maximum Gasteiger partial charge on any atom is 0.314 e. The van der Waals surface area contributed by atoms with Gasteiger partial charge in [0.2, 0.25) is 5.82 Å². The summed E-state index contributed by atoms with van der Waals surface area (Å²) in [6.45, 7) is 4.27. The number of rotatable bonds is 4. The summed E-state index contributed by atoms with van der Waals surface area (Å²) < 4.78 is 38.4. The quantitative estimate of drug-likeness (QED) is 0.359. The van der Waals surface area contributed by atoms with E-state index in [1.54, 1.807) is 0 Å². The Morgan fingerprint density at radius 1 is 1.17 bits per heavy atom. The van der Waals surface area contributed by atoms with Crippen molar-refractivity contribution in [3.8, 4) is 5.75 Å². The summed E-state index contributed by atoms with van der Waals surface area (Å²) in [6.07, 6.45) is 5.32. The topological polar surface area (TPSA) is 38.8 Å². The third kappa shape index (κ3) is 2.55. The van der Waals surface area contributed by atoms with Crippen molar-refractivity contribution in [2.75, 3.05) is 6.61 Å². The van der Waals surface area contributed by atoms with Gasteiger partial charge in [-0.2, -0.15) is 4.39 Å². The Hall–Kier alpha value is -1.75. The zero-order valence-electron chi connectivity index (χ0n) is 13.3. The molecular formula is C19H20F2O3. The number of carbonyl (C=O) groups excluding carboxylic acids is 1. The van der Waals surface area contributed by atoms with Crippen molar-refractivity contribution in [1.82, 2.24) is 0 Å². The molecule has 1 aromatic carbocycles. The average molecular weight is 334 g/mol. The minimum atomic E-state index is -1.11. The van der Waals surface area contributed by atoms with Crippen molar-refractivity contribution in [2.24, 2.45) is 23.7 Å². The molecule has 128 valence electrons. The molecule has 3 fully saturated rings. The van der Waals surface area contributed by atoms with Gasteiger partial charge in [-0.25, -0.2) is 4.39 Å². The van der Waals surface area contributed by atoms with Gasteiger partial charge in [0.25, 0.3) is 0 Å². The van der Waals surface area contributed by atoms with Crippen molar-refractivity contribution >= 4 is 5.97 Å². The molecule has 0 spiro atoms. The Labute approximate surface area is 139 Å². The summed E-state index contributed by atoms with van der Waals surface area (Å²) in [4.78, 5) is 12.5. The van der Waals surface area contributed by atoms with E-state index in [4.69, 9.17) is 9.47 Å². The lowest BCUT2D eigenvalue weighted by Gasteiger charge is -2.18. The monoisotopic (exact) mass is 334 g/mol. The van der Waals surface area contributed by atoms with Crippen molar-refractivity contribution < 1.29 is 23.0 Å². The van der Waals surface area contributed by atoms with Gasteiger partial charge in [-0.3, -0.25) is 4.79 Å². The van der Waals surface area contributed by atoms with Crippen LogP contribution in [0.3, 0.4) is 0 Å². The van der Waals surface area contributed by atoms with Gasteiger partial charge in [-0.15, -0.1) is 6.58 Å². The number of benzene rings is 1. The van der Waals surface area contributed by atoms with Crippen LogP contribution in [0.2, 0.25) is 0 Å². The molecule has 3 aliphatic rings. The summed E-state index contributed by atoms with van der Waals surface area (Å²) in [5.74, 6) is -1.90. The van der Waals surface area contributed by atoms with Crippen molar-refractivity contribution in [3.63, 3.8) is 0 Å². The van der Waals surface area contributed by atoms with Crippen molar-refractivity contribution in [2.45, 2.75) is 31.8 Å². The Morgan fingerprint density at radius 3 is 2.62 bits per heavy atom. The van der Waals surface area contributed by atoms with E-state index >= 15 is 0 Å². The first-order chi connectivity index (χ1) is 11.6. The summed E-state index contributed by atoms with van der Waals surface area (Å²) in [7, 11) is 0. The van der Waals surface area contributed by atoms with Crippen LogP contribution in [0.25, 0.3) is 0 Å². The summed E-state index contributed by atoms with van der Waals surface area (Å²) >= 11 is 0. The number of halogens is 2. The highest BCUT2D eigenvalue weighted by Crippen LogP contribution is 2.51. The van der Waals surface area contributed by atoms with Crippen LogP contribution in [-0.2, 0) is 9.53 Å². The first-order valence-corrected chi connectivity index (χ1v) is 8.54. The third-order valence-electron chi connectivity index (χ3n) is 5.83. The van der Waals surface area contributed by atoms with Crippen LogP contribution < -0.4 is 4.74 Å². The average Bonchev–Trinajstić information content (AvgIpc) is 3.19. The van der Waals surface area contributed by atoms with Gasteiger partial charge in [0.15, 0.2) is 11.6 Å². The fourth-order valence-electron chi connectivity index (χ4n) is 4.52. The Bertz CT molecular complexity index is 683. The van der Waals surface area contributed by atoms with Crippen LogP contribution in [0.5, 0.6) is 5.75 Å². The molecule has 2 aliphatic carbocycles. The third-order valence-corrected chi connectivity index (χ3v) is 5.83. The van der Waals surface area contributed by atoms with Crippen LogP contribution in [0.15, 0.2) is 24.8 Å². The Morgan fingerprint density at radius 2 is 1.92 bits per heavy atom. The van der Waals surface area contributed by atoms with Gasteiger partial charge in [-0.05, 0) is 55.6 Å². The molecule has 2 saturated carbocycles. The number of epoxide rings is 1. The lowest BCUT2D eigenvalue weighted by molar-refractivity contribution is -0.140. The molecule has 3 nitrogen and oxygen atoms in total.